The molecule has 0 fully saturated rings. The van der Waals surface area contributed by atoms with Gasteiger partial charge in [0.25, 0.3) is 0 Å². The first-order valence-corrected chi connectivity index (χ1v) is 5.32. The summed E-state index contributed by atoms with van der Waals surface area (Å²) in [5, 5.41) is 0. The predicted octanol–water partition coefficient (Wildman–Crippen LogP) is 2.65. The van der Waals surface area contributed by atoms with E-state index in [1.165, 1.54) is 31.8 Å². The van der Waals surface area contributed by atoms with Crippen LogP contribution in [-0.4, -0.2) is 19.0 Å². The molecule has 1 rings (SSSR count). The molecular formula is C12H18O2. The van der Waals surface area contributed by atoms with Gasteiger partial charge in [0.1, 0.15) is 6.29 Å². The van der Waals surface area contributed by atoms with Crippen LogP contribution in [0.5, 0.6) is 0 Å². The monoisotopic (exact) mass is 194 g/mol. The normalized spacial score (nSPS) is 25.6. The number of aldehydes is 1. The number of hydrogen-bond acceptors (Lipinski definition) is 2. The van der Waals surface area contributed by atoms with Gasteiger partial charge in [0, 0.05) is 0 Å². The highest BCUT2D eigenvalue weighted by Gasteiger charge is 2.05. The molecule has 0 saturated carbocycles. The molecule has 0 spiro atoms. The predicted molar refractivity (Wildman–Crippen MR) is 57.2 cm³/mol. The second-order valence-corrected chi connectivity index (χ2v) is 3.50. The maximum absolute atomic E-state index is 10.0. The fourth-order valence-corrected chi connectivity index (χ4v) is 1.56. The molecule has 0 aromatic rings. The number of carbonyl (C=O) groups excluding carboxylic acids is 1. The molecule has 2 nitrogen and oxygen atoms in total. The van der Waals surface area contributed by atoms with Crippen LogP contribution in [0.1, 0.15) is 32.1 Å². The van der Waals surface area contributed by atoms with Crippen molar-refractivity contribution in [3.05, 3.63) is 24.3 Å². The molecule has 0 radical (unpaired) electrons. The van der Waals surface area contributed by atoms with Gasteiger partial charge in [0.2, 0.25) is 0 Å². The van der Waals surface area contributed by atoms with Gasteiger partial charge in [0.15, 0.2) is 0 Å². The van der Waals surface area contributed by atoms with E-state index in [9.17, 15) is 4.79 Å². The highest BCUT2D eigenvalue weighted by atomic mass is 16.5. The molecule has 78 valence electrons. The first-order valence-electron chi connectivity index (χ1n) is 5.32. The van der Waals surface area contributed by atoms with Crippen LogP contribution in [0.3, 0.4) is 0 Å². The van der Waals surface area contributed by atoms with Crippen LogP contribution in [0.2, 0.25) is 0 Å². The van der Waals surface area contributed by atoms with Crippen LogP contribution in [0.15, 0.2) is 24.3 Å². The fourth-order valence-electron chi connectivity index (χ4n) is 1.56. The Labute approximate surface area is 85.6 Å². The summed E-state index contributed by atoms with van der Waals surface area (Å²) in [4.78, 5) is 10.0. The Morgan fingerprint density at radius 2 is 2.29 bits per heavy atom. The Bertz CT molecular complexity index is 206. The second-order valence-electron chi connectivity index (χ2n) is 3.50. The third-order valence-corrected chi connectivity index (χ3v) is 2.33. The third-order valence-electron chi connectivity index (χ3n) is 2.33. The summed E-state index contributed by atoms with van der Waals surface area (Å²) < 4.78 is 5.59. The standard InChI is InChI=1S/C12H18O2/c13-10-6-7-11-14-12-8-4-2-1-3-5-9-12/h4,6-8,10,12H,1-3,5,9,11H2/b7-6+,8-4-. The van der Waals surface area contributed by atoms with E-state index in [-0.39, 0.29) is 6.10 Å². The zero-order chi connectivity index (χ0) is 10.1. The summed E-state index contributed by atoms with van der Waals surface area (Å²) in [6, 6.07) is 0. The van der Waals surface area contributed by atoms with Crippen LogP contribution in [-0.2, 0) is 9.53 Å². The second kappa shape index (κ2) is 7.51. The number of rotatable bonds is 4. The molecule has 1 aliphatic rings. The van der Waals surface area contributed by atoms with E-state index in [4.69, 9.17) is 4.74 Å². The van der Waals surface area contributed by atoms with Gasteiger partial charge >= 0.3 is 0 Å². The topological polar surface area (TPSA) is 26.3 Å². The quantitative estimate of drug-likeness (QED) is 0.390. The fraction of sp³-hybridized carbons (Fsp3) is 0.583. The summed E-state index contributed by atoms with van der Waals surface area (Å²) in [6.07, 6.45) is 14.7. The number of hydrogen-bond donors (Lipinski definition) is 0. The van der Waals surface area contributed by atoms with Crippen molar-refractivity contribution in [1.82, 2.24) is 0 Å². The molecule has 0 N–H and O–H groups in total. The average Bonchev–Trinajstić information content (AvgIpc) is 2.15. The van der Waals surface area contributed by atoms with Gasteiger partial charge in [-0.25, -0.2) is 0 Å². The van der Waals surface area contributed by atoms with Crippen LogP contribution in [0, 0.1) is 0 Å². The summed E-state index contributed by atoms with van der Waals surface area (Å²) >= 11 is 0. The van der Waals surface area contributed by atoms with Gasteiger partial charge in [-0.05, 0) is 25.3 Å². The van der Waals surface area contributed by atoms with E-state index in [2.05, 4.69) is 12.2 Å². The number of ether oxygens (including phenoxy) is 1. The Kier molecular flexibility index (Phi) is 6.00. The number of carbonyl (C=O) groups is 1. The molecule has 1 aliphatic carbocycles. The van der Waals surface area contributed by atoms with Crippen molar-refractivity contribution in [2.45, 2.75) is 38.2 Å². The molecule has 2 heteroatoms. The minimum absolute atomic E-state index is 0.242. The molecule has 0 bridgehead atoms. The first-order chi connectivity index (χ1) is 6.93. The van der Waals surface area contributed by atoms with Crippen molar-refractivity contribution in [2.75, 3.05) is 6.61 Å². The molecule has 0 aromatic carbocycles. The van der Waals surface area contributed by atoms with E-state index in [1.54, 1.807) is 6.08 Å². The Morgan fingerprint density at radius 3 is 3.14 bits per heavy atom. The van der Waals surface area contributed by atoms with Crippen molar-refractivity contribution in [3.8, 4) is 0 Å². The molecular weight excluding hydrogens is 176 g/mol. The lowest BCUT2D eigenvalue weighted by molar-refractivity contribution is -0.104. The third kappa shape index (κ3) is 4.97. The minimum atomic E-state index is 0.242. The van der Waals surface area contributed by atoms with Crippen molar-refractivity contribution in [2.24, 2.45) is 0 Å². The van der Waals surface area contributed by atoms with Gasteiger partial charge in [-0.1, -0.05) is 31.1 Å². The minimum Gasteiger partial charge on any atom is -0.370 e. The molecule has 0 amide bonds. The van der Waals surface area contributed by atoms with Crippen LogP contribution in [0.4, 0.5) is 0 Å². The highest BCUT2D eigenvalue weighted by molar-refractivity contribution is 5.64. The lowest BCUT2D eigenvalue weighted by Gasteiger charge is -2.14. The van der Waals surface area contributed by atoms with Gasteiger partial charge in [0.05, 0.1) is 12.7 Å². The van der Waals surface area contributed by atoms with E-state index in [1.807, 2.05) is 0 Å². The molecule has 0 aliphatic heterocycles. The Balaban J connectivity index is 2.23. The highest BCUT2D eigenvalue weighted by Crippen LogP contribution is 2.13. The molecule has 1 unspecified atom stereocenters. The van der Waals surface area contributed by atoms with Crippen LogP contribution < -0.4 is 0 Å². The van der Waals surface area contributed by atoms with Crippen molar-refractivity contribution in [1.29, 1.82) is 0 Å². The maximum Gasteiger partial charge on any atom is 0.142 e. The van der Waals surface area contributed by atoms with Crippen molar-refractivity contribution in [3.63, 3.8) is 0 Å². The van der Waals surface area contributed by atoms with Gasteiger partial charge in [-0.15, -0.1) is 0 Å². The number of allylic oxidation sites excluding steroid dienone is 2. The molecule has 14 heavy (non-hydrogen) atoms. The van der Waals surface area contributed by atoms with Gasteiger partial charge in [-0.3, -0.25) is 4.79 Å². The molecule has 0 saturated heterocycles. The van der Waals surface area contributed by atoms with Gasteiger partial charge in [-0.2, -0.15) is 0 Å². The lowest BCUT2D eigenvalue weighted by Crippen LogP contribution is -2.10. The van der Waals surface area contributed by atoms with Crippen LogP contribution >= 0.6 is 0 Å². The zero-order valence-electron chi connectivity index (χ0n) is 8.52. The van der Waals surface area contributed by atoms with E-state index >= 15 is 0 Å². The summed E-state index contributed by atoms with van der Waals surface area (Å²) in [7, 11) is 0. The molecule has 0 aromatic heterocycles. The van der Waals surface area contributed by atoms with Crippen molar-refractivity contribution >= 4 is 6.29 Å². The van der Waals surface area contributed by atoms with E-state index in [0.717, 1.165) is 12.7 Å². The lowest BCUT2D eigenvalue weighted by atomic mass is 10.0. The summed E-state index contributed by atoms with van der Waals surface area (Å²) in [6.45, 7) is 0.535. The Hall–Kier alpha value is -0.890. The SMILES string of the molecule is O=C/C=C/COC1/C=C\CCCCC1. The van der Waals surface area contributed by atoms with Crippen LogP contribution in [0.25, 0.3) is 0 Å². The largest absolute Gasteiger partial charge is 0.370 e. The molecule has 1 atom stereocenters. The maximum atomic E-state index is 10.0. The van der Waals surface area contributed by atoms with E-state index < -0.39 is 0 Å². The molecule has 0 heterocycles. The first kappa shape index (κ1) is 11.2. The van der Waals surface area contributed by atoms with Gasteiger partial charge < -0.3 is 4.74 Å². The smallest absolute Gasteiger partial charge is 0.142 e. The zero-order valence-corrected chi connectivity index (χ0v) is 8.52. The van der Waals surface area contributed by atoms with Crippen molar-refractivity contribution < 1.29 is 9.53 Å². The summed E-state index contributed by atoms with van der Waals surface area (Å²) in [5.74, 6) is 0. The van der Waals surface area contributed by atoms with E-state index in [0.29, 0.717) is 6.61 Å². The average molecular weight is 194 g/mol. The Morgan fingerprint density at radius 1 is 1.36 bits per heavy atom. The summed E-state index contributed by atoms with van der Waals surface area (Å²) in [5.41, 5.74) is 0.